The molecule has 0 radical (unpaired) electrons. The van der Waals surface area contributed by atoms with Crippen molar-refractivity contribution >= 4 is 33.1 Å². The second-order valence-corrected chi connectivity index (χ2v) is 8.85. The number of aromatic amines is 2. The Morgan fingerprint density at radius 2 is 1.69 bits per heavy atom. The first-order valence-corrected chi connectivity index (χ1v) is 11.6. The Kier molecular flexibility index (Phi) is 4.87. The van der Waals surface area contributed by atoms with Crippen LogP contribution < -0.4 is 25.2 Å². The Morgan fingerprint density at radius 3 is 2.34 bits per heavy atom. The summed E-state index contributed by atoms with van der Waals surface area (Å²) >= 11 is 0. The molecule has 0 amide bonds. The van der Waals surface area contributed by atoms with Crippen molar-refractivity contribution in [3.8, 4) is 28.4 Å². The summed E-state index contributed by atoms with van der Waals surface area (Å²) in [7, 11) is 4.64. The lowest BCUT2D eigenvalue weighted by Crippen LogP contribution is -2.10. The monoisotopic (exact) mass is 475 g/mol. The average molecular weight is 476 g/mol. The van der Waals surface area contributed by atoms with Gasteiger partial charge in [0, 0.05) is 17.0 Å². The largest absolute Gasteiger partial charge is 0.493 e. The quantitative estimate of drug-likeness (QED) is 0.380. The third-order valence-electron chi connectivity index (χ3n) is 6.95. The van der Waals surface area contributed by atoms with Crippen molar-refractivity contribution < 1.29 is 18.6 Å². The number of methoxy groups -OCH3 is 3. The first-order valence-electron chi connectivity index (χ1n) is 11.6. The third kappa shape index (κ3) is 3.14. The number of pyridine rings is 1. The highest BCUT2D eigenvalue weighted by molar-refractivity contribution is 6.14. The third-order valence-corrected chi connectivity index (χ3v) is 6.95. The van der Waals surface area contributed by atoms with Crippen LogP contribution in [0, 0.1) is 0 Å². The van der Waals surface area contributed by atoms with Gasteiger partial charge in [-0.05, 0) is 42.7 Å². The summed E-state index contributed by atoms with van der Waals surface area (Å²) < 4.78 is 24.8. The van der Waals surface area contributed by atoms with Gasteiger partial charge < -0.3 is 23.6 Å². The maximum absolute atomic E-state index is 13.4. The van der Waals surface area contributed by atoms with E-state index in [0.717, 1.165) is 31.1 Å². The minimum atomic E-state index is -0.223. The summed E-state index contributed by atoms with van der Waals surface area (Å²) in [5.74, 6) is 1.37. The molecule has 3 heterocycles. The average Bonchev–Trinajstić information content (AvgIpc) is 3.59. The normalized spacial score (nSPS) is 14.4. The number of fused-ring (bicyclic) bond motifs is 4. The van der Waals surface area contributed by atoms with Crippen LogP contribution in [0.25, 0.3) is 44.2 Å². The first kappa shape index (κ1) is 21.4. The van der Waals surface area contributed by atoms with Crippen molar-refractivity contribution in [3.05, 3.63) is 50.9 Å². The summed E-state index contributed by atoms with van der Waals surface area (Å²) in [6.07, 6.45) is 4.23. The first-order chi connectivity index (χ1) is 17.0. The standard InChI is InChI=1S/C26H25N3O6/c1-32-18-10-13(11-19(33-2)23(18)34-3)20-21-25(29(28-26(21)31)14-6-4-5-7-14)27-22-16-9-8-15(30)12-17(16)35-24(20)22/h8-12,14,27H,4-7H2,1-3H3,(H,28,31). The van der Waals surface area contributed by atoms with E-state index in [1.54, 1.807) is 39.5 Å². The summed E-state index contributed by atoms with van der Waals surface area (Å²) in [4.78, 5) is 28.9. The Balaban J connectivity index is 1.79. The van der Waals surface area contributed by atoms with Crippen LogP contribution in [0.15, 0.2) is 44.3 Å². The molecule has 0 saturated heterocycles. The zero-order chi connectivity index (χ0) is 24.3. The second kappa shape index (κ2) is 7.97. The molecule has 0 spiro atoms. The highest BCUT2D eigenvalue weighted by atomic mass is 16.5. The van der Waals surface area contributed by atoms with E-state index in [-0.39, 0.29) is 17.0 Å². The molecule has 1 aliphatic rings. The lowest BCUT2D eigenvalue weighted by Gasteiger charge is -2.15. The van der Waals surface area contributed by atoms with Gasteiger partial charge in [0.05, 0.1) is 38.3 Å². The van der Waals surface area contributed by atoms with Crippen LogP contribution >= 0.6 is 0 Å². The van der Waals surface area contributed by atoms with Crippen molar-refractivity contribution in [1.29, 1.82) is 0 Å². The molecule has 0 bridgehead atoms. The fraction of sp³-hybridized carbons (Fsp3) is 0.308. The molecular weight excluding hydrogens is 450 g/mol. The molecule has 0 atom stereocenters. The lowest BCUT2D eigenvalue weighted by atomic mass is 10.0. The number of hydrogen-bond donors (Lipinski definition) is 2. The Labute approximate surface area is 199 Å². The van der Waals surface area contributed by atoms with Gasteiger partial charge in [-0.15, -0.1) is 0 Å². The van der Waals surface area contributed by atoms with Gasteiger partial charge in [-0.25, -0.2) is 0 Å². The Morgan fingerprint density at radius 1 is 0.971 bits per heavy atom. The van der Waals surface area contributed by atoms with Crippen molar-refractivity contribution in [2.24, 2.45) is 0 Å². The van der Waals surface area contributed by atoms with Crippen molar-refractivity contribution in [1.82, 2.24) is 14.8 Å². The fourth-order valence-corrected chi connectivity index (χ4v) is 5.35. The Bertz CT molecular complexity index is 1690. The smallest absolute Gasteiger partial charge is 0.274 e. The van der Waals surface area contributed by atoms with Gasteiger partial charge in [0.15, 0.2) is 22.5 Å². The minimum Gasteiger partial charge on any atom is -0.493 e. The maximum Gasteiger partial charge on any atom is 0.274 e. The molecule has 1 fully saturated rings. The van der Waals surface area contributed by atoms with Crippen LogP contribution in [0.5, 0.6) is 17.2 Å². The van der Waals surface area contributed by atoms with Gasteiger partial charge in [-0.3, -0.25) is 19.4 Å². The van der Waals surface area contributed by atoms with E-state index in [2.05, 4.69) is 10.1 Å². The van der Waals surface area contributed by atoms with E-state index in [1.165, 1.54) is 12.1 Å². The molecule has 1 saturated carbocycles. The molecule has 9 nitrogen and oxygen atoms in total. The van der Waals surface area contributed by atoms with Gasteiger partial charge in [0.25, 0.3) is 5.56 Å². The summed E-state index contributed by atoms with van der Waals surface area (Å²) in [6.45, 7) is 0. The highest BCUT2D eigenvalue weighted by Crippen LogP contribution is 2.45. The number of hydrogen-bond acceptors (Lipinski definition) is 6. The van der Waals surface area contributed by atoms with Crippen LogP contribution in [0.3, 0.4) is 0 Å². The van der Waals surface area contributed by atoms with E-state index in [9.17, 15) is 9.59 Å². The molecule has 0 unspecified atom stereocenters. The number of aromatic nitrogens is 3. The topological polar surface area (TPSA) is 111 Å². The molecule has 5 aromatic rings. The zero-order valence-corrected chi connectivity index (χ0v) is 19.7. The predicted octanol–water partition coefficient (Wildman–Crippen LogP) is 4.73. The lowest BCUT2D eigenvalue weighted by molar-refractivity contribution is 0.324. The van der Waals surface area contributed by atoms with Crippen LogP contribution in [0.1, 0.15) is 31.7 Å². The van der Waals surface area contributed by atoms with Gasteiger partial charge >= 0.3 is 0 Å². The summed E-state index contributed by atoms with van der Waals surface area (Å²) in [5.41, 5.74) is 3.21. The molecule has 9 heteroatoms. The van der Waals surface area contributed by atoms with Crippen LogP contribution in [-0.4, -0.2) is 36.1 Å². The van der Waals surface area contributed by atoms with Gasteiger partial charge in [0.2, 0.25) is 5.75 Å². The summed E-state index contributed by atoms with van der Waals surface area (Å²) in [5, 5.41) is 4.30. The molecule has 2 N–H and O–H groups in total. The van der Waals surface area contributed by atoms with E-state index >= 15 is 0 Å². The van der Waals surface area contributed by atoms with Crippen molar-refractivity contribution in [2.75, 3.05) is 21.3 Å². The number of nitrogens with zero attached hydrogens (tertiary/aromatic N) is 1. The van der Waals surface area contributed by atoms with Gasteiger partial charge in [-0.1, -0.05) is 12.8 Å². The molecule has 1 aliphatic carbocycles. The fourth-order valence-electron chi connectivity index (χ4n) is 5.35. The molecule has 35 heavy (non-hydrogen) atoms. The van der Waals surface area contributed by atoms with Crippen molar-refractivity contribution in [3.63, 3.8) is 0 Å². The number of H-pyrrole nitrogens is 2. The van der Waals surface area contributed by atoms with E-state index in [0.29, 0.717) is 56.1 Å². The van der Waals surface area contributed by atoms with Gasteiger partial charge in [0.1, 0.15) is 11.2 Å². The maximum atomic E-state index is 13.4. The molecular formula is C26H25N3O6. The Hall–Kier alpha value is -4.14. The minimum absolute atomic E-state index is 0.149. The van der Waals surface area contributed by atoms with Crippen LogP contribution in [-0.2, 0) is 0 Å². The number of ether oxygens (including phenoxy) is 3. The predicted molar refractivity (Wildman–Crippen MR) is 133 cm³/mol. The zero-order valence-electron chi connectivity index (χ0n) is 19.7. The van der Waals surface area contributed by atoms with E-state index in [1.807, 2.05) is 4.68 Å². The van der Waals surface area contributed by atoms with Crippen molar-refractivity contribution in [2.45, 2.75) is 31.7 Å². The van der Waals surface area contributed by atoms with Crippen LogP contribution in [0.4, 0.5) is 0 Å². The van der Waals surface area contributed by atoms with E-state index < -0.39 is 0 Å². The molecule has 3 aromatic heterocycles. The van der Waals surface area contributed by atoms with Crippen LogP contribution in [0.2, 0.25) is 0 Å². The van der Waals surface area contributed by atoms with Gasteiger partial charge in [-0.2, -0.15) is 0 Å². The number of nitrogens with one attached hydrogen (secondary N) is 2. The highest BCUT2D eigenvalue weighted by Gasteiger charge is 2.27. The number of furan rings is 1. The molecule has 0 aliphatic heterocycles. The molecule has 2 aromatic carbocycles. The second-order valence-electron chi connectivity index (χ2n) is 8.85. The number of benzene rings is 2. The number of rotatable bonds is 5. The molecule has 180 valence electrons. The SMILES string of the molecule is COc1cc(-c2c3oc4cc(=O)ccc4c3[nH]c3c2c(=O)[nH]n3C2CCCC2)cc(OC)c1OC. The summed E-state index contributed by atoms with van der Waals surface area (Å²) in [6, 6.07) is 8.52. The van der Waals surface area contributed by atoms with E-state index in [4.69, 9.17) is 18.6 Å². The molecule has 6 rings (SSSR count).